The molecular formula is C19H18BrNO3. The van der Waals surface area contributed by atoms with Crippen LogP contribution in [0.1, 0.15) is 22.8 Å². The number of ether oxygens (including phenoxy) is 1. The maximum Gasteiger partial charge on any atom is 0.333 e. The summed E-state index contributed by atoms with van der Waals surface area (Å²) in [5.41, 5.74) is 2.25. The van der Waals surface area contributed by atoms with Crippen molar-refractivity contribution in [2.75, 3.05) is 18.5 Å². The second kappa shape index (κ2) is 8.45. The number of rotatable bonds is 7. The molecule has 0 aliphatic heterocycles. The molecule has 0 spiro atoms. The Labute approximate surface area is 149 Å². The number of halogens is 1. The number of ketones is 1. The van der Waals surface area contributed by atoms with Crippen LogP contribution < -0.4 is 5.32 Å². The molecule has 0 aliphatic carbocycles. The van der Waals surface area contributed by atoms with E-state index in [1.54, 1.807) is 25.1 Å². The van der Waals surface area contributed by atoms with Crippen molar-refractivity contribution in [3.63, 3.8) is 0 Å². The summed E-state index contributed by atoms with van der Waals surface area (Å²) >= 11 is 3.36. The van der Waals surface area contributed by atoms with Gasteiger partial charge in [0, 0.05) is 33.4 Å². The van der Waals surface area contributed by atoms with Gasteiger partial charge in [0.05, 0.1) is 0 Å². The number of carbonyl (C=O) groups is 2. The molecule has 0 unspecified atom stereocenters. The molecule has 2 aromatic carbocycles. The van der Waals surface area contributed by atoms with E-state index in [0.29, 0.717) is 28.9 Å². The van der Waals surface area contributed by atoms with E-state index in [2.05, 4.69) is 27.8 Å². The highest BCUT2D eigenvalue weighted by Crippen LogP contribution is 2.20. The molecule has 0 aromatic heterocycles. The van der Waals surface area contributed by atoms with E-state index in [0.717, 1.165) is 4.47 Å². The van der Waals surface area contributed by atoms with E-state index in [4.69, 9.17) is 4.74 Å². The molecule has 24 heavy (non-hydrogen) atoms. The summed E-state index contributed by atoms with van der Waals surface area (Å²) in [6, 6.07) is 14.5. The van der Waals surface area contributed by atoms with Gasteiger partial charge in [0.15, 0.2) is 5.78 Å². The lowest BCUT2D eigenvalue weighted by Gasteiger charge is -2.12. The van der Waals surface area contributed by atoms with E-state index in [9.17, 15) is 9.59 Å². The van der Waals surface area contributed by atoms with Crippen molar-refractivity contribution in [2.45, 2.75) is 6.92 Å². The maximum absolute atomic E-state index is 12.7. The third kappa shape index (κ3) is 4.80. The van der Waals surface area contributed by atoms with Gasteiger partial charge in [0.1, 0.15) is 6.61 Å². The van der Waals surface area contributed by atoms with Gasteiger partial charge in [-0.2, -0.15) is 0 Å². The van der Waals surface area contributed by atoms with Crippen molar-refractivity contribution in [1.82, 2.24) is 0 Å². The smallest absolute Gasteiger partial charge is 0.333 e. The van der Waals surface area contributed by atoms with Gasteiger partial charge in [0.2, 0.25) is 0 Å². The van der Waals surface area contributed by atoms with E-state index in [1.807, 2.05) is 30.3 Å². The molecule has 5 heteroatoms. The molecule has 0 saturated heterocycles. The van der Waals surface area contributed by atoms with E-state index >= 15 is 0 Å². The van der Waals surface area contributed by atoms with Crippen molar-refractivity contribution in [2.24, 2.45) is 0 Å². The van der Waals surface area contributed by atoms with E-state index in [1.165, 1.54) is 0 Å². The van der Waals surface area contributed by atoms with Gasteiger partial charge in [-0.3, -0.25) is 4.79 Å². The first-order valence-corrected chi connectivity index (χ1v) is 8.24. The quantitative estimate of drug-likeness (QED) is 0.334. The van der Waals surface area contributed by atoms with Crippen LogP contribution in [0.4, 0.5) is 5.69 Å². The zero-order chi connectivity index (χ0) is 17.5. The van der Waals surface area contributed by atoms with Crippen LogP contribution in [0.15, 0.2) is 65.2 Å². The van der Waals surface area contributed by atoms with Crippen LogP contribution >= 0.6 is 15.9 Å². The molecule has 0 fully saturated rings. The number of para-hydroxylation sites is 1. The summed E-state index contributed by atoms with van der Waals surface area (Å²) in [4.78, 5) is 24.0. The zero-order valence-electron chi connectivity index (χ0n) is 13.3. The second-order valence-electron chi connectivity index (χ2n) is 5.22. The van der Waals surface area contributed by atoms with Gasteiger partial charge >= 0.3 is 5.97 Å². The first kappa shape index (κ1) is 17.9. The molecule has 1 N–H and O–H groups in total. The number of anilines is 1. The summed E-state index contributed by atoms with van der Waals surface area (Å²) in [7, 11) is 0. The van der Waals surface area contributed by atoms with Crippen molar-refractivity contribution in [1.29, 1.82) is 0 Å². The molecule has 0 radical (unpaired) electrons. The molecule has 4 nitrogen and oxygen atoms in total. The van der Waals surface area contributed by atoms with Crippen LogP contribution in [0.2, 0.25) is 0 Å². The van der Waals surface area contributed by atoms with Crippen LogP contribution in [-0.2, 0) is 9.53 Å². The molecule has 2 rings (SSSR count). The number of benzene rings is 2. The van der Waals surface area contributed by atoms with Gasteiger partial charge in [0.25, 0.3) is 0 Å². The minimum absolute atomic E-state index is 0.0652. The Hall–Kier alpha value is -2.40. The van der Waals surface area contributed by atoms with E-state index < -0.39 is 5.97 Å². The summed E-state index contributed by atoms with van der Waals surface area (Å²) in [6.07, 6.45) is 0. The number of esters is 1. The fourth-order valence-corrected chi connectivity index (χ4v) is 2.31. The van der Waals surface area contributed by atoms with Gasteiger partial charge in [-0.25, -0.2) is 4.79 Å². The average Bonchev–Trinajstić information content (AvgIpc) is 2.59. The lowest BCUT2D eigenvalue weighted by Crippen LogP contribution is -2.15. The third-order valence-corrected chi connectivity index (χ3v) is 3.81. The van der Waals surface area contributed by atoms with Crippen LogP contribution in [0, 0.1) is 0 Å². The molecular weight excluding hydrogens is 370 g/mol. The van der Waals surface area contributed by atoms with Gasteiger partial charge in [-0.1, -0.05) is 34.6 Å². The minimum Gasteiger partial charge on any atom is -0.460 e. The predicted molar refractivity (Wildman–Crippen MR) is 98.3 cm³/mol. The maximum atomic E-state index is 12.7. The zero-order valence-corrected chi connectivity index (χ0v) is 14.9. The van der Waals surface area contributed by atoms with Crippen LogP contribution in [0.5, 0.6) is 0 Å². The standard InChI is InChI=1S/C19H18BrNO3/c1-13(2)19(23)24-12-11-21-17-6-4-3-5-16(17)18(22)14-7-9-15(20)10-8-14/h3-10,21H,1,11-12H2,2H3. The van der Waals surface area contributed by atoms with Crippen LogP contribution in [-0.4, -0.2) is 24.9 Å². The first-order chi connectivity index (χ1) is 11.5. The van der Waals surface area contributed by atoms with Crippen LogP contribution in [0.25, 0.3) is 0 Å². The molecule has 0 bridgehead atoms. The highest BCUT2D eigenvalue weighted by Gasteiger charge is 2.13. The monoisotopic (exact) mass is 387 g/mol. The van der Waals surface area contributed by atoms with Gasteiger partial charge in [-0.15, -0.1) is 0 Å². The Kier molecular flexibility index (Phi) is 6.32. The summed E-state index contributed by atoms with van der Waals surface area (Å²) < 4.78 is 5.95. The Morgan fingerprint density at radius 2 is 1.79 bits per heavy atom. The largest absolute Gasteiger partial charge is 0.460 e. The minimum atomic E-state index is -0.420. The molecule has 0 atom stereocenters. The second-order valence-corrected chi connectivity index (χ2v) is 6.14. The van der Waals surface area contributed by atoms with Crippen LogP contribution in [0.3, 0.4) is 0 Å². The fourth-order valence-electron chi connectivity index (χ4n) is 2.04. The average molecular weight is 388 g/mol. The first-order valence-electron chi connectivity index (χ1n) is 7.45. The predicted octanol–water partition coefficient (Wildman–Crippen LogP) is 4.21. The normalized spacial score (nSPS) is 10.1. The molecule has 2 aromatic rings. The lowest BCUT2D eigenvalue weighted by molar-refractivity contribution is -0.138. The Morgan fingerprint density at radius 3 is 2.46 bits per heavy atom. The molecule has 124 valence electrons. The topological polar surface area (TPSA) is 55.4 Å². The van der Waals surface area contributed by atoms with Gasteiger partial charge in [-0.05, 0) is 43.3 Å². The van der Waals surface area contributed by atoms with E-state index in [-0.39, 0.29) is 12.4 Å². The van der Waals surface area contributed by atoms with Gasteiger partial charge < -0.3 is 10.1 Å². The summed E-state index contributed by atoms with van der Waals surface area (Å²) in [5.74, 6) is -0.486. The molecule has 0 saturated carbocycles. The fraction of sp³-hybridized carbons (Fsp3) is 0.158. The molecule has 0 amide bonds. The number of carbonyl (C=O) groups excluding carboxylic acids is 2. The Bertz CT molecular complexity index is 753. The molecule has 0 heterocycles. The van der Waals surface area contributed by atoms with Crippen molar-refractivity contribution >= 4 is 33.4 Å². The Morgan fingerprint density at radius 1 is 1.12 bits per heavy atom. The summed E-state index contributed by atoms with van der Waals surface area (Å²) in [5, 5.41) is 3.13. The summed E-state index contributed by atoms with van der Waals surface area (Å²) in [6.45, 7) is 5.73. The SMILES string of the molecule is C=C(C)C(=O)OCCNc1ccccc1C(=O)c1ccc(Br)cc1. The third-order valence-electron chi connectivity index (χ3n) is 3.28. The lowest BCUT2D eigenvalue weighted by atomic mass is 10.0. The van der Waals surface area contributed by atoms with Crippen molar-refractivity contribution in [3.8, 4) is 0 Å². The van der Waals surface area contributed by atoms with Crippen molar-refractivity contribution < 1.29 is 14.3 Å². The highest BCUT2D eigenvalue weighted by molar-refractivity contribution is 9.10. The number of nitrogens with one attached hydrogen (secondary N) is 1. The molecule has 0 aliphatic rings. The number of hydrogen-bond donors (Lipinski definition) is 1. The Balaban J connectivity index is 2.04. The number of hydrogen-bond acceptors (Lipinski definition) is 4. The highest BCUT2D eigenvalue weighted by atomic mass is 79.9. The van der Waals surface area contributed by atoms with Crippen molar-refractivity contribution in [3.05, 3.63) is 76.3 Å².